The predicted octanol–water partition coefficient (Wildman–Crippen LogP) is 3.81. The Balaban J connectivity index is 0.00000392. The highest BCUT2D eigenvalue weighted by atomic mass is 127. The number of nitrogens with zero attached hydrogens (tertiary/aromatic N) is 3. The highest BCUT2D eigenvalue weighted by Gasteiger charge is 2.33. The third kappa shape index (κ3) is 7.39. The fourth-order valence-electron chi connectivity index (χ4n) is 3.89. The molecule has 160 valence electrons. The molecule has 7 heteroatoms. The summed E-state index contributed by atoms with van der Waals surface area (Å²) in [6, 6.07) is 4.23. The van der Waals surface area contributed by atoms with Gasteiger partial charge in [-0.15, -0.1) is 24.0 Å². The number of anilines is 1. The first-order valence-electron chi connectivity index (χ1n) is 10.3. The zero-order valence-electron chi connectivity index (χ0n) is 18.0. The molecule has 0 aliphatic heterocycles. The number of aliphatic imine (C=N–C) groups is 1. The second-order valence-corrected chi connectivity index (χ2v) is 7.43. The van der Waals surface area contributed by atoms with Crippen LogP contribution in [0.4, 0.5) is 5.82 Å². The van der Waals surface area contributed by atoms with Crippen molar-refractivity contribution < 1.29 is 4.74 Å². The summed E-state index contributed by atoms with van der Waals surface area (Å²) >= 11 is 0. The molecule has 1 saturated carbocycles. The number of guanidine groups is 1. The van der Waals surface area contributed by atoms with Crippen LogP contribution < -0.4 is 15.5 Å². The van der Waals surface area contributed by atoms with E-state index in [0.29, 0.717) is 5.41 Å². The molecule has 0 amide bonds. The lowest BCUT2D eigenvalue weighted by atomic mass is 9.83. The van der Waals surface area contributed by atoms with Crippen LogP contribution in [0.5, 0.6) is 0 Å². The Labute approximate surface area is 187 Å². The van der Waals surface area contributed by atoms with Gasteiger partial charge in [0.05, 0.1) is 0 Å². The Morgan fingerprint density at radius 2 is 1.93 bits per heavy atom. The van der Waals surface area contributed by atoms with Crippen LogP contribution in [0.2, 0.25) is 0 Å². The maximum absolute atomic E-state index is 5.33. The average Bonchev–Trinajstić information content (AvgIpc) is 3.17. The standard InChI is InChI=1S/C21H37N5O.HI/c1-5-26(6-2)19-10-9-18(15-23-19)16-24-20(22-3)25-17-21(13-14-27-4)11-7-8-12-21;/h9-10,15H,5-8,11-14,16-17H2,1-4H3,(H2,22,24,25);1H. The monoisotopic (exact) mass is 503 g/mol. The van der Waals surface area contributed by atoms with E-state index >= 15 is 0 Å². The fraction of sp³-hybridized carbons (Fsp3) is 0.714. The van der Waals surface area contributed by atoms with Crippen LogP contribution in [-0.4, -0.2) is 51.3 Å². The predicted molar refractivity (Wildman–Crippen MR) is 129 cm³/mol. The maximum Gasteiger partial charge on any atom is 0.191 e. The van der Waals surface area contributed by atoms with Gasteiger partial charge in [-0.1, -0.05) is 18.9 Å². The van der Waals surface area contributed by atoms with Gasteiger partial charge in [0.1, 0.15) is 5.82 Å². The number of methoxy groups -OCH3 is 1. The zero-order chi connectivity index (χ0) is 19.5. The summed E-state index contributed by atoms with van der Waals surface area (Å²) < 4.78 is 5.33. The molecule has 1 fully saturated rings. The second-order valence-electron chi connectivity index (χ2n) is 7.43. The van der Waals surface area contributed by atoms with Gasteiger partial charge in [0, 0.05) is 53.1 Å². The smallest absolute Gasteiger partial charge is 0.191 e. The molecule has 1 aromatic heterocycles. The lowest BCUT2D eigenvalue weighted by Gasteiger charge is -2.30. The van der Waals surface area contributed by atoms with Crippen molar-refractivity contribution in [1.29, 1.82) is 0 Å². The van der Waals surface area contributed by atoms with Crippen molar-refractivity contribution in [3.05, 3.63) is 23.9 Å². The Morgan fingerprint density at radius 1 is 1.21 bits per heavy atom. The van der Waals surface area contributed by atoms with Gasteiger partial charge in [-0.2, -0.15) is 0 Å². The van der Waals surface area contributed by atoms with Gasteiger partial charge < -0.3 is 20.3 Å². The molecule has 6 nitrogen and oxygen atoms in total. The number of hydrogen-bond acceptors (Lipinski definition) is 4. The van der Waals surface area contributed by atoms with Crippen molar-refractivity contribution in [2.45, 2.75) is 52.5 Å². The molecule has 0 bridgehead atoms. The first-order valence-corrected chi connectivity index (χ1v) is 10.3. The van der Waals surface area contributed by atoms with Crippen molar-refractivity contribution in [2.75, 3.05) is 45.3 Å². The highest BCUT2D eigenvalue weighted by Crippen LogP contribution is 2.40. The van der Waals surface area contributed by atoms with Gasteiger partial charge in [0.2, 0.25) is 0 Å². The Hall–Kier alpha value is -1.09. The van der Waals surface area contributed by atoms with E-state index < -0.39 is 0 Å². The minimum absolute atomic E-state index is 0. The molecular weight excluding hydrogens is 465 g/mol. The summed E-state index contributed by atoms with van der Waals surface area (Å²) in [5, 5.41) is 6.95. The number of pyridine rings is 1. The molecule has 1 heterocycles. The molecule has 0 aromatic carbocycles. The molecule has 0 unspecified atom stereocenters. The molecule has 0 spiro atoms. The van der Waals surface area contributed by atoms with Crippen LogP contribution in [0.3, 0.4) is 0 Å². The molecule has 0 saturated heterocycles. The van der Waals surface area contributed by atoms with E-state index in [1.54, 1.807) is 7.11 Å². The molecule has 1 aliphatic rings. The van der Waals surface area contributed by atoms with Gasteiger partial charge in [-0.3, -0.25) is 4.99 Å². The maximum atomic E-state index is 5.33. The average molecular weight is 503 g/mol. The first kappa shape index (κ1) is 24.9. The first-order chi connectivity index (χ1) is 13.2. The fourth-order valence-corrected chi connectivity index (χ4v) is 3.89. The Bertz CT molecular complexity index is 569. The number of halogens is 1. The largest absolute Gasteiger partial charge is 0.385 e. The molecular formula is C21H38IN5O. The van der Waals surface area contributed by atoms with Crippen LogP contribution >= 0.6 is 24.0 Å². The summed E-state index contributed by atoms with van der Waals surface area (Å²) in [6.45, 7) is 8.76. The van der Waals surface area contributed by atoms with E-state index in [-0.39, 0.29) is 24.0 Å². The van der Waals surface area contributed by atoms with E-state index in [4.69, 9.17) is 4.74 Å². The number of rotatable bonds is 10. The van der Waals surface area contributed by atoms with Crippen LogP contribution in [0.1, 0.15) is 51.5 Å². The van der Waals surface area contributed by atoms with E-state index in [1.807, 2.05) is 13.2 Å². The molecule has 1 aromatic rings. The van der Waals surface area contributed by atoms with Gasteiger partial charge in [0.25, 0.3) is 0 Å². The van der Waals surface area contributed by atoms with Crippen molar-refractivity contribution in [2.24, 2.45) is 10.4 Å². The number of ether oxygens (including phenoxy) is 1. The van der Waals surface area contributed by atoms with Gasteiger partial charge in [-0.05, 0) is 50.2 Å². The van der Waals surface area contributed by atoms with Gasteiger partial charge in [0.15, 0.2) is 5.96 Å². The van der Waals surface area contributed by atoms with Crippen molar-refractivity contribution in [1.82, 2.24) is 15.6 Å². The summed E-state index contributed by atoms with van der Waals surface area (Å²) in [5.41, 5.74) is 1.50. The van der Waals surface area contributed by atoms with Crippen LogP contribution in [-0.2, 0) is 11.3 Å². The summed E-state index contributed by atoms with van der Waals surface area (Å²) in [4.78, 5) is 11.2. The highest BCUT2D eigenvalue weighted by molar-refractivity contribution is 14.0. The van der Waals surface area contributed by atoms with E-state index in [2.05, 4.69) is 51.5 Å². The lowest BCUT2D eigenvalue weighted by molar-refractivity contribution is 0.138. The molecule has 1 aliphatic carbocycles. The second kappa shape index (κ2) is 13.2. The summed E-state index contributed by atoms with van der Waals surface area (Å²) in [7, 11) is 3.61. The van der Waals surface area contributed by atoms with Crippen LogP contribution in [0.25, 0.3) is 0 Å². The molecule has 0 radical (unpaired) electrons. The van der Waals surface area contributed by atoms with E-state index in [1.165, 1.54) is 25.7 Å². The quantitative estimate of drug-likeness (QED) is 0.289. The normalized spacial score (nSPS) is 15.8. The number of aromatic nitrogens is 1. The minimum atomic E-state index is 0. The van der Waals surface area contributed by atoms with Crippen molar-refractivity contribution in [3.63, 3.8) is 0 Å². The van der Waals surface area contributed by atoms with Gasteiger partial charge >= 0.3 is 0 Å². The summed E-state index contributed by atoms with van der Waals surface area (Å²) in [6.07, 6.45) is 8.26. The topological polar surface area (TPSA) is 61.8 Å². The van der Waals surface area contributed by atoms with Crippen LogP contribution in [0.15, 0.2) is 23.3 Å². The number of hydrogen-bond donors (Lipinski definition) is 2. The van der Waals surface area contributed by atoms with Crippen molar-refractivity contribution >= 4 is 35.8 Å². The third-order valence-electron chi connectivity index (χ3n) is 5.71. The van der Waals surface area contributed by atoms with Gasteiger partial charge in [-0.25, -0.2) is 4.98 Å². The van der Waals surface area contributed by atoms with Crippen LogP contribution in [0, 0.1) is 5.41 Å². The van der Waals surface area contributed by atoms with E-state index in [0.717, 1.165) is 56.5 Å². The number of nitrogens with one attached hydrogen (secondary N) is 2. The Kier molecular flexibility index (Phi) is 11.8. The lowest BCUT2D eigenvalue weighted by Crippen LogP contribution is -2.43. The Morgan fingerprint density at radius 3 is 2.46 bits per heavy atom. The molecule has 2 N–H and O–H groups in total. The minimum Gasteiger partial charge on any atom is -0.385 e. The van der Waals surface area contributed by atoms with E-state index in [9.17, 15) is 0 Å². The molecule has 28 heavy (non-hydrogen) atoms. The van der Waals surface area contributed by atoms with Crippen molar-refractivity contribution in [3.8, 4) is 0 Å². The molecule has 0 atom stereocenters. The SMILES string of the molecule is CCN(CC)c1ccc(CNC(=NC)NCC2(CCOC)CCCC2)cn1.I. The third-order valence-corrected chi connectivity index (χ3v) is 5.71. The summed E-state index contributed by atoms with van der Waals surface area (Å²) in [5.74, 6) is 1.89. The molecule has 2 rings (SSSR count). The zero-order valence-corrected chi connectivity index (χ0v) is 20.3.